The lowest BCUT2D eigenvalue weighted by molar-refractivity contribution is -0.334. The van der Waals surface area contributed by atoms with Gasteiger partial charge in [0.15, 0.2) is 5.78 Å². The Bertz CT molecular complexity index is 1230. The number of rotatable bonds is 2. The van der Waals surface area contributed by atoms with E-state index in [1.807, 2.05) is 60.7 Å². The van der Waals surface area contributed by atoms with Crippen LogP contribution in [0.5, 0.6) is 5.75 Å². The second-order valence-electron chi connectivity index (χ2n) is 8.13. The van der Waals surface area contributed by atoms with Gasteiger partial charge in [-0.15, -0.1) is 0 Å². The molecule has 1 fully saturated rings. The number of hydrogen-bond donors (Lipinski definition) is 0. The Hall–Kier alpha value is -2.45. The van der Waals surface area contributed by atoms with Crippen molar-refractivity contribution in [1.29, 1.82) is 0 Å². The molecule has 0 bridgehead atoms. The Morgan fingerprint density at radius 3 is 2.00 bits per heavy atom. The lowest BCUT2D eigenvalue weighted by atomic mass is 9.92. The Labute approximate surface area is 207 Å². The van der Waals surface area contributed by atoms with Crippen molar-refractivity contribution in [1.82, 2.24) is 0 Å². The van der Waals surface area contributed by atoms with Gasteiger partial charge in [0, 0.05) is 8.95 Å². The number of para-hydroxylation sites is 1. The highest BCUT2D eigenvalue weighted by Gasteiger charge is 2.56. The molecule has 3 aromatic carbocycles. The molecular formula is C26H18Br2O5. The second kappa shape index (κ2) is 8.09. The number of carbonyl (C=O) groups excluding carboxylic acids is 1. The van der Waals surface area contributed by atoms with Gasteiger partial charge in [0.05, 0.1) is 17.6 Å². The molecule has 3 aliphatic rings. The molecule has 6 rings (SSSR count). The van der Waals surface area contributed by atoms with Crippen LogP contribution in [0.1, 0.15) is 40.1 Å². The third kappa shape index (κ3) is 3.54. The van der Waals surface area contributed by atoms with E-state index >= 15 is 0 Å². The predicted molar refractivity (Wildman–Crippen MR) is 128 cm³/mol. The van der Waals surface area contributed by atoms with Crippen molar-refractivity contribution in [3.63, 3.8) is 0 Å². The number of ether oxygens (including phenoxy) is 4. The maximum atomic E-state index is 13.0. The summed E-state index contributed by atoms with van der Waals surface area (Å²) in [5.74, 6) is -0.926. The second-order valence-corrected chi connectivity index (χ2v) is 9.84. The average molecular weight is 570 g/mol. The van der Waals surface area contributed by atoms with E-state index in [1.54, 1.807) is 12.1 Å². The molecule has 7 heteroatoms. The van der Waals surface area contributed by atoms with Gasteiger partial charge >= 0.3 is 5.97 Å². The fraction of sp³-hybridized carbons (Fsp3) is 0.192. The van der Waals surface area contributed by atoms with Gasteiger partial charge in [-0.3, -0.25) is 4.79 Å². The van der Waals surface area contributed by atoms with Gasteiger partial charge < -0.3 is 18.9 Å². The third-order valence-corrected chi connectivity index (χ3v) is 7.57. The number of benzene rings is 3. The number of hydrogen-bond acceptors (Lipinski definition) is 5. The van der Waals surface area contributed by atoms with Crippen molar-refractivity contribution in [3.8, 4) is 5.75 Å². The Kier molecular flexibility index (Phi) is 5.18. The van der Waals surface area contributed by atoms with E-state index in [-0.39, 0.29) is 12.2 Å². The number of halogens is 2. The van der Waals surface area contributed by atoms with Crippen LogP contribution in [0, 0.1) is 0 Å². The molecule has 1 saturated heterocycles. The Balaban J connectivity index is 1.39. The van der Waals surface area contributed by atoms with E-state index in [1.165, 1.54) is 6.26 Å². The van der Waals surface area contributed by atoms with Crippen LogP contribution in [0.2, 0.25) is 0 Å². The summed E-state index contributed by atoms with van der Waals surface area (Å²) in [6.45, 7) is 0. The molecule has 0 unspecified atom stereocenters. The number of carbonyl (C=O) groups is 1. The van der Waals surface area contributed by atoms with Crippen LogP contribution in [-0.2, 0) is 14.2 Å². The Morgan fingerprint density at radius 2 is 1.36 bits per heavy atom. The molecule has 33 heavy (non-hydrogen) atoms. The highest BCUT2D eigenvalue weighted by Crippen LogP contribution is 2.53. The van der Waals surface area contributed by atoms with E-state index in [2.05, 4.69) is 31.9 Å². The van der Waals surface area contributed by atoms with Gasteiger partial charge in [-0.25, -0.2) is 0 Å². The minimum atomic E-state index is -1.39. The normalized spacial score (nSPS) is 25.0. The SMILES string of the molecule is O=C1C2=COC3(C[C@@H]2Oc2ccccc21)O[C@@H](c1ccccc1Br)[C@H](c1ccccc1Br)O3. The fourth-order valence-electron chi connectivity index (χ4n) is 4.54. The molecule has 3 aliphatic heterocycles. The van der Waals surface area contributed by atoms with Crippen LogP contribution in [0.4, 0.5) is 0 Å². The summed E-state index contributed by atoms with van der Waals surface area (Å²) in [7, 11) is 0. The van der Waals surface area contributed by atoms with Crippen molar-refractivity contribution in [2.24, 2.45) is 0 Å². The van der Waals surface area contributed by atoms with Crippen LogP contribution in [0.3, 0.4) is 0 Å². The number of fused-ring (bicyclic) bond motifs is 2. The smallest absolute Gasteiger partial charge is 0.331 e. The van der Waals surface area contributed by atoms with E-state index in [0.717, 1.165) is 20.1 Å². The first-order valence-corrected chi connectivity index (χ1v) is 12.2. The minimum Gasteiger partial charge on any atom is -0.484 e. The molecule has 0 aliphatic carbocycles. The molecule has 5 nitrogen and oxygen atoms in total. The molecule has 0 N–H and O–H groups in total. The molecule has 3 heterocycles. The summed E-state index contributed by atoms with van der Waals surface area (Å²) in [6.07, 6.45) is 0.243. The molecule has 0 amide bonds. The van der Waals surface area contributed by atoms with Crippen molar-refractivity contribution < 1.29 is 23.7 Å². The molecule has 0 saturated carbocycles. The van der Waals surface area contributed by atoms with Crippen LogP contribution in [0.25, 0.3) is 0 Å². The summed E-state index contributed by atoms with van der Waals surface area (Å²) >= 11 is 7.30. The maximum Gasteiger partial charge on any atom is 0.331 e. The van der Waals surface area contributed by atoms with E-state index < -0.39 is 24.3 Å². The van der Waals surface area contributed by atoms with Gasteiger partial charge in [-0.2, -0.15) is 0 Å². The quantitative estimate of drug-likeness (QED) is 0.346. The van der Waals surface area contributed by atoms with Gasteiger partial charge in [-0.05, 0) is 35.4 Å². The van der Waals surface area contributed by atoms with Gasteiger partial charge in [0.25, 0.3) is 0 Å². The van der Waals surface area contributed by atoms with E-state index in [9.17, 15) is 4.79 Å². The lowest BCUT2D eigenvalue weighted by Gasteiger charge is -2.37. The van der Waals surface area contributed by atoms with Crippen molar-refractivity contribution in [3.05, 3.63) is 110 Å². The summed E-state index contributed by atoms with van der Waals surface area (Å²) in [5, 5.41) is 0. The molecule has 3 aromatic rings. The maximum absolute atomic E-state index is 13.0. The summed E-state index contributed by atoms with van der Waals surface area (Å²) in [4.78, 5) is 13.0. The van der Waals surface area contributed by atoms with Crippen molar-refractivity contribution in [2.75, 3.05) is 0 Å². The zero-order valence-corrected chi connectivity index (χ0v) is 20.4. The third-order valence-electron chi connectivity index (χ3n) is 6.12. The Morgan fingerprint density at radius 1 is 0.788 bits per heavy atom. The van der Waals surface area contributed by atoms with E-state index in [0.29, 0.717) is 16.9 Å². The highest BCUT2D eigenvalue weighted by molar-refractivity contribution is 9.10. The number of ketones is 1. The van der Waals surface area contributed by atoms with Crippen LogP contribution < -0.4 is 4.74 Å². The van der Waals surface area contributed by atoms with Crippen LogP contribution in [-0.4, -0.2) is 17.9 Å². The van der Waals surface area contributed by atoms with Crippen LogP contribution in [0.15, 0.2) is 93.6 Å². The summed E-state index contributed by atoms with van der Waals surface area (Å²) < 4.78 is 27.1. The fourth-order valence-corrected chi connectivity index (χ4v) is 5.56. The molecular weight excluding hydrogens is 552 g/mol. The van der Waals surface area contributed by atoms with E-state index in [4.69, 9.17) is 18.9 Å². The number of Topliss-reactive ketones (excluding diaryl/α,β-unsaturated/α-hetero) is 1. The standard InChI is InChI=1S/C26H18Br2O5/c27-19-10-4-1-7-15(19)24-25(16-8-2-5-11-20(16)28)33-26(32-24)13-22-18(14-30-26)23(29)17-9-3-6-12-21(17)31-22/h1-12,14,22,24-25H,13H2/t22-,24-,25-/m0/s1. The first-order chi connectivity index (χ1) is 16.0. The largest absolute Gasteiger partial charge is 0.484 e. The van der Waals surface area contributed by atoms with Crippen molar-refractivity contribution in [2.45, 2.75) is 30.7 Å². The zero-order valence-electron chi connectivity index (χ0n) is 17.2. The zero-order chi connectivity index (χ0) is 22.6. The topological polar surface area (TPSA) is 54.0 Å². The lowest BCUT2D eigenvalue weighted by Crippen LogP contribution is -2.45. The average Bonchev–Trinajstić information content (AvgIpc) is 3.18. The van der Waals surface area contributed by atoms with Crippen molar-refractivity contribution >= 4 is 37.6 Å². The highest BCUT2D eigenvalue weighted by atomic mass is 79.9. The van der Waals surface area contributed by atoms with Crippen LogP contribution >= 0.6 is 31.9 Å². The van der Waals surface area contributed by atoms with Gasteiger partial charge in [0.1, 0.15) is 30.3 Å². The minimum absolute atomic E-state index is 0.0978. The molecule has 0 radical (unpaired) electrons. The monoisotopic (exact) mass is 568 g/mol. The van der Waals surface area contributed by atoms with Gasteiger partial charge in [-0.1, -0.05) is 80.4 Å². The molecule has 166 valence electrons. The molecule has 3 atom stereocenters. The summed E-state index contributed by atoms with van der Waals surface area (Å²) in [5.41, 5.74) is 2.89. The summed E-state index contributed by atoms with van der Waals surface area (Å²) in [6, 6.07) is 23.0. The molecule has 0 aromatic heterocycles. The molecule has 1 spiro atoms. The predicted octanol–water partition coefficient (Wildman–Crippen LogP) is 6.64. The van der Waals surface area contributed by atoms with Gasteiger partial charge in [0.2, 0.25) is 0 Å². The first-order valence-electron chi connectivity index (χ1n) is 10.6. The first kappa shape index (κ1) is 21.1.